The van der Waals surface area contributed by atoms with Gasteiger partial charge in [-0.25, -0.2) is 4.98 Å². The minimum Gasteiger partial charge on any atom is -0.313 e. The lowest BCUT2D eigenvalue weighted by atomic mass is 9.95. The molecule has 1 aliphatic carbocycles. The summed E-state index contributed by atoms with van der Waals surface area (Å²) in [4.78, 5) is 18.2. The molecule has 5 heteroatoms. The van der Waals surface area contributed by atoms with Gasteiger partial charge in [0, 0.05) is 23.6 Å². The SMILES string of the molecule is CCNC1CCCCC1Sc1nccc(=O)[nH]1. The van der Waals surface area contributed by atoms with Gasteiger partial charge in [-0.15, -0.1) is 0 Å². The number of aromatic nitrogens is 2. The first kappa shape index (κ1) is 12.6. The Hall–Kier alpha value is -0.810. The molecule has 1 aliphatic rings. The topological polar surface area (TPSA) is 57.8 Å². The van der Waals surface area contributed by atoms with E-state index in [-0.39, 0.29) is 5.56 Å². The number of nitrogens with one attached hydrogen (secondary N) is 2. The van der Waals surface area contributed by atoms with Crippen molar-refractivity contribution in [3.8, 4) is 0 Å². The Labute approximate surface area is 106 Å². The summed E-state index contributed by atoms with van der Waals surface area (Å²) in [5.74, 6) is 0. The summed E-state index contributed by atoms with van der Waals surface area (Å²) in [5.41, 5.74) is -0.0710. The first-order valence-electron chi connectivity index (χ1n) is 6.25. The van der Waals surface area contributed by atoms with Crippen LogP contribution >= 0.6 is 11.8 Å². The first-order valence-corrected chi connectivity index (χ1v) is 7.13. The fourth-order valence-corrected chi connectivity index (χ4v) is 3.54. The lowest BCUT2D eigenvalue weighted by Crippen LogP contribution is -2.40. The normalized spacial score (nSPS) is 24.8. The van der Waals surface area contributed by atoms with Crippen molar-refractivity contribution in [3.63, 3.8) is 0 Å². The maximum absolute atomic E-state index is 11.2. The molecule has 2 rings (SSSR count). The molecule has 1 aromatic heterocycles. The van der Waals surface area contributed by atoms with Crippen LogP contribution in [0.25, 0.3) is 0 Å². The first-order chi connectivity index (χ1) is 8.29. The molecular formula is C12H19N3OS. The zero-order valence-corrected chi connectivity index (χ0v) is 10.9. The summed E-state index contributed by atoms with van der Waals surface area (Å²) in [7, 11) is 0. The number of nitrogens with zero attached hydrogens (tertiary/aromatic N) is 1. The monoisotopic (exact) mass is 253 g/mol. The van der Waals surface area contributed by atoms with Crippen molar-refractivity contribution < 1.29 is 0 Å². The minimum atomic E-state index is -0.0710. The van der Waals surface area contributed by atoms with Crippen LogP contribution in [0.1, 0.15) is 32.6 Å². The molecule has 0 saturated heterocycles. The lowest BCUT2D eigenvalue weighted by Gasteiger charge is -2.31. The van der Waals surface area contributed by atoms with Crippen LogP contribution in [0.15, 0.2) is 22.2 Å². The van der Waals surface area contributed by atoms with Crippen LogP contribution in [0.5, 0.6) is 0 Å². The predicted octanol–water partition coefficient (Wildman–Crippen LogP) is 1.78. The van der Waals surface area contributed by atoms with Gasteiger partial charge in [-0.2, -0.15) is 0 Å². The smallest absolute Gasteiger partial charge is 0.251 e. The third-order valence-corrected chi connectivity index (χ3v) is 4.38. The Balaban J connectivity index is 2.02. The van der Waals surface area contributed by atoms with Crippen molar-refractivity contribution in [3.05, 3.63) is 22.6 Å². The van der Waals surface area contributed by atoms with E-state index in [1.165, 1.54) is 31.7 Å². The lowest BCUT2D eigenvalue weighted by molar-refractivity contribution is 0.390. The van der Waals surface area contributed by atoms with Gasteiger partial charge in [-0.3, -0.25) is 4.79 Å². The van der Waals surface area contributed by atoms with Crippen LogP contribution in [0.4, 0.5) is 0 Å². The quantitative estimate of drug-likeness (QED) is 0.803. The zero-order valence-electron chi connectivity index (χ0n) is 10.1. The Morgan fingerprint density at radius 3 is 3.12 bits per heavy atom. The molecule has 4 nitrogen and oxygen atoms in total. The molecule has 17 heavy (non-hydrogen) atoms. The van der Waals surface area contributed by atoms with E-state index in [9.17, 15) is 4.79 Å². The summed E-state index contributed by atoms with van der Waals surface area (Å²) in [5, 5.41) is 4.79. The third kappa shape index (κ3) is 3.57. The van der Waals surface area contributed by atoms with E-state index in [4.69, 9.17) is 0 Å². The molecular weight excluding hydrogens is 234 g/mol. The second kappa shape index (κ2) is 6.21. The van der Waals surface area contributed by atoms with Crippen LogP contribution in [-0.4, -0.2) is 27.8 Å². The van der Waals surface area contributed by atoms with Gasteiger partial charge in [-0.05, 0) is 19.4 Å². The average Bonchev–Trinajstić information content (AvgIpc) is 2.32. The molecule has 1 fully saturated rings. The van der Waals surface area contributed by atoms with E-state index >= 15 is 0 Å². The van der Waals surface area contributed by atoms with Crippen molar-refractivity contribution in [1.82, 2.24) is 15.3 Å². The van der Waals surface area contributed by atoms with Crippen LogP contribution in [0.2, 0.25) is 0 Å². The van der Waals surface area contributed by atoms with E-state index in [2.05, 4.69) is 22.2 Å². The highest BCUT2D eigenvalue weighted by atomic mass is 32.2. The van der Waals surface area contributed by atoms with Gasteiger partial charge >= 0.3 is 0 Å². The molecule has 0 bridgehead atoms. The number of aromatic amines is 1. The van der Waals surface area contributed by atoms with Gasteiger partial charge in [-0.1, -0.05) is 31.5 Å². The van der Waals surface area contributed by atoms with Crippen molar-refractivity contribution in [2.75, 3.05) is 6.54 Å². The van der Waals surface area contributed by atoms with Crippen LogP contribution < -0.4 is 10.9 Å². The molecule has 0 amide bonds. The Bertz CT molecular complexity index is 405. The number of hydrogen-bond acceptors (Lipinski definition) is 4. The molecule has 2 atom stereocenters. The summed E-state index contributed by atoms with van der Waals surface area (Å²) in [6.07, 6.45) is 6.57. The van der Waals surface area contributed by atoms with Crippen LogP contribution in [0.3, 0.4) is 0 Å². The van der Waals surface area contributed by atoms with Gasteiger partial charge in [0.15, 0.2) is 5.16 Å². The Morgan fingerprint density at radius 2 is 2.35 bits per heavy atom. The second-order valence-corrected chi connectivity index (χ2v) is 5.57. The van der Waals surface area contributed by atoms with E-state index in [0.29, 0.717) is 11.3 Å². The van der Waals surface area contributed by atoms with Crippen molar-refractivity contribution in [2.24, 2.45) is 0 Å². The van der Waals surface area contributed by atoms with Gasteiger partial charge in [0.1, 0.15) is 0 Å². The number of hydrogen-bond donors (Lipinski definition) is 2. The molecule has 0 spiro atoms. The molecule has 1 heterocycles. The van der Waals surface area contributed by atoms with Gasteiger partial charge in [0.2, 0.25) is 0 Å². The maximum Gasteiger partial charge on any atom is 0.251 e. The fourth-order valence-electron chi connectivity index (χ4n) is 2.29. The molecule has 0 aliphatic heterocycles. The predicted molar refractivity (Wildman–Crippen MR) is 70.4 cm³/mol. The highest BCUT2D eigenvalue weighted by Crippen LogP contribution is 2.31. The summed E-state index contributed by atoms with van der Waals surface area (Å²) in [6.45, 7) is 3.14. The summed E-state index contributed by atoms with van der Waals surface area (Å²) >= 11 is 1.70. The third-order valence-electron chi connectivity index (χ3n) is 3.08. The van der Waals surface area contributed by atoms with Gasteiger partial charge in [0.25, 0.3) is 5.56 Å². The van der Waals surface area contributed by atoms with Gasteiger partial charge < -0.3 is 10.3 Å². The summed E-state index contributed by atoms with van der Waals surface area (Å²) in [6, 6.07) is 2.00. The fraction of sp³-hybridized carbons (Fsp3) is 0.667. The van der Waals surface area contributed by atoms with E-state index in [1.54, 1.807) is 18.0 Å². The Kier molecular flexibility index (Phi) is 4.62. The van der Waals surface area contributed by atoms with Crippen molar-refractivity contribution in [2.45, 2.75) is 49.1 Å². The molecule has 0 radical (unpaired) electrons. The molecule has 2 unspecified atom stereocenters. The maximum atomic E-state index is 11.2. The van der Waals surface area contributed by atoms with E-state index in [1.807, 2.05) is 0 Å². The Morgan fingerprint density at radius 1 is 1.53 bits per heavy atom. The molecule has 94 valence electrons. The largest absolute Gasteiger partial charge is 0.313 e. The second-order valence-electron chi connectivity index (χ2n) is 4.34. The average molecular weight is 253 g/mol. The number of H-pyrrole nitrogens is 1. The number of thioether (sulfide) groups is 1. The highest BCUT2D eigenvalue weighted by Gasteiger charge is 2.25. The van der Waals surface area contributed by atoms with E-state index < -0.39 is 0 Å². The van der Waals surface area contributed by atoms with Crippen LogP contribution in [-0.2, 0) is 0 Å². The molecule has 1 aromatic rings. The van der Waals surface area contributed by atoms with Crippen LogP contribution in [0, 0.1) is 0 Å². The standard InChI is InChI=1S/C12H19N3OS/c1-2-13-9-5-3-4-6-10(9)17-12-14-8-7-11(16)15-12/h7-10,13H,2-6H2,1H3,(H,14,15,16). The molecule has 1 saturated carbocycles. The number of rotatable bonds is 4. The van der Waals surface area contributed by atoms with Gasteiger partial charge in [0.05, 0.1) is 0 Å². The molecule has 2 N–H and O–H groups in total. The van der Waals surface area contributed by atoms with E-state index in [0.717, 1.165) is 11.7 Å². The zero-order chi connectivity index (χ0) is 12.1. The van der Waals surface area contributed by atoms with Crippen molar-refractivity contribution in [1.29, 1.82) is 0 Å². The summed E-state index contributed by atoms with van der Waals surface area (Å²) < 4.78 is 0. The van der Waals surface area contributed by atoms with Crippen molar-refractivity contribution >= 4 is 11.8 Å². The molecule has 0 aromatic carbocycles. The minimum absolute atomic E-state index is 0.0710. The highest BCUT2D eigenvalue weighted by molar-refractivity contribution is 7.99.